The molecule has 2 N–H and O–H groups in total. The Morgan fingerprint density at radius 3 is 2.53 bits per heavy atom. The third kappa shape index (κ3) is 4.76. The van der Waals surface area contributed by atoms with E-state index >= 15 is 0 Å². The van der Waals surface area contributed by atoms with Gasteiger partial charge in [-0.2, -0.15) is 0 Å². The number of aliphatic imine (C=N–C) groups is 1. The SMILES string of the molecule is CN=C(NCC(=O)N1CCN(c2ccccc2)CC1)NCc1ccc2c(c1)OCO2. The molecule has 1 fully saturated rings. The maximum Gasteiger partial charge on any atom is 0.242 e. The summed E-state index contributed by atoms with van der Waals surface area (Å²) in [5.74, 6) is 2.18. The number of fused-ring (bicyclic) bond motifs is 1. The molecule has 0 radical (unpaired) electrons. The summed E-state index contributed by atoms with van der Waals surface area (Å²) in [6.07, 6.45) is 0. The van der Waals surface area contributed by atoms with Crippen LogP contribution in [-0.4, -0.2) is 63.3 Å². The lowest BCUT2D eigenvalue weighted by atomic mass is 10.2. The van der Waals surface area contributed by atoms with Gasteiger partial charge in [-0.3, -0.25) is 9.79 Å². The maximum atomic E-state index is 12.6. The number of ether oxygens (including phenoxy) is 2. The van der Waals surface area contributed by atoms with Gasteiger partial charge in [0.2, 0.25) is 12.7 Å². The summed E-state index contributed by atoms with van der Waals surface area (Å²) in [4.78, 5) is 21.0. The number of guanidine groups is 1. The highest BCUT2D eigenvalue weighted by Crippen LogP contribution is 2.32. The second kappa shape index (κ2) is 9.39. The fourth-order valence-corrected chi connectivity index (χ4v) is 3.58. The van der Waals surface area contributed by atoms with Crippen molar-refractivity contribution in [1.29, 1.82) is 0 Å². The number of hydrogen-bond donors (Lipinski definition) is 2. The Morgan fingerprint density at radius 1 is 1.00 bits per heavy atom. The lowest BCUT2D eigenvalue weighted by Crippen LogP contribution is -2.52. The van der Waals surface area contributed by atoms with Crippen LogP contribution in [-0.2, 0) is 11.3 Å². The molecule has 158 valence electrons. The molecule has 0 unspecified atom stereocenters. The molecule has 2 aromatic rings. The predicted molar refractivity (Wildman–Crippen MR) is 116 cm³/mol. The second-order valence-corrected chi connectivity index (χ2v) is 7.17. The highest BCUT2D eigenvalue weighted by atomic mass is 16.7. The molecule has 0 spiro atoms. The summed E-state index contributed by atoms with van der Waals surface area (Å²) in [6.45, 7) is 4.17. The van der Waals surface area contributed by atoms with Crippen molar-refractivity contribution in [1.82, 2.24) is 15.5 Å². The zero-order chi connectivity index (χ0) is 20.8. The van der Waals surface area contributed by atoms with Crippen LogP contribution in [0.5, 0.6) is 11.5 Å². The van der Waals surface area contributed by atoms with Crippen LogP contribution in [0, 0.1) is 0 Å². The van der Waals surface area contributed by atoms with E-state index in [4.69, 9.17) is 9.47 Å². The van der Waals surface area contributed by atoms with E-state index in [0.717, 1.165) is 43.2 Å². The lowest BCUT2D eigenvalue weighted by Gasteiger charge is -2.36. The van der Waals surface area contributed by atoms with Crippen LogP contribution < -0.4 is 25.0 Å². The van der Waals surface area contributed by atoms with E-state index in [1.54, 1.807) is 7.05 Å². The highest BCUT2D eigenvalue weighted by Gasteiger charge is 2.21. The van der Waals surface area contributed by atoms with Gasteiger partial charge in [-0.25, -0.2) is 0 Å². The van der Waals surface area contributed by atoms with Crippen molar-refractivity contribution in [2.24, 2.45) is 4.99 Å². The Kier molecular flexibility index (Phi) is 6.22. The molecular formula is C22H27N5O3. The van der Waals surface area contributed by atoms with Crippen LogP contribution >= 0.6 is 0 Å². The molecule has 2 aliphatic rings. The molecule has 2 aliphatic heterocycles. The van der Waals surface area contributed by atoms with Crippen molar-refractivity contribution in [2.45, 2.75) is 6.54 Å². The number of carbonyl (C=O) groups excluding carboxylic acids is 1. The van der Waals surface area contributed by atoms with Crippen LogP contribution in [0.1, 0.15) is 5.56 Å². The van der Waals surface area contributed by atoms with Gasteiger partial charge in [0, 0.05) is 45.5 Å². The first-order valence-electron chi connectivity index (χ1n) is 10.1. The van der Waals surface area contributed by atoms with E-state index in [2.05, 4.69) is 32.7 Å². The number of piperazine rings is 1. The number of carbonyl (C=O) groups is 1. The van der Waals surface area contributed by atoms with Gasteiger partial charge in [0.05, 0.1) is 6.54 Å². The Morgan fingerprint density at radius 2 is 1.77 bits per heavy atom. The van der Waals surface area contributed by atoms with E-state index < -0.39 is 0 Å². The van der Waals surface area contributed by atoms with Gasteiger partial charge in [0.15, 0.2) is 17.5 Å². The van der Waals surface area contributed by atoms with Crippen molar-refractivity contribution >= 4 is 17.6 Å². The molecule has 0 aromatic heterocycles. The van der Waals surface area contributed by atoms with Gasteiger partial charge in [-0.1, -0.05) is 24.3 Å². The quantitative estimate of drug-likeness (QED) is 0.575. The van der Waals surface area contributed by atoms with Gasteiger partial charge >= 0.3 is 0 Å². The fraction of sp³-hybridized carbons (Fsp3) is 0.364. The van der Waals surface area contributed by atoms with Crippen molar-refractivity contribution in [2.75, 3.05) is 51.5 Å². The zero-order valence-corrected chi connectivity index (χ0v) is 17.1. The molecule has 0 aliphatic carbocycles. The van der Waals surface area contributed by atoms with E-state index in [1.807, 2.05) is 41.3 Å². The van der Waals surface area contributed by atoms with Crippen LogP contribution in [0.15, 0.2) is 53.5 Å². The number of amides is 1. The summed E-state index contributed by atoms with van der Waals surface area (Å²) in [6, 6.07) is 16.1. The van der Waals surface area contributed by atoms with Crippen molar-refractivity contribution in [3.63, 3.8) is 0 Å². The molecule has 0 atom stereocenters. The van der Waals surface area contributed by atoms with Crippen molar-refractivity contribution < 1.29 is 14.3 Å². The average molecular weight is 409 g/mol. The summed E-state index contributed by atoms with van der Waals surface area (Å²) in [7, 11) is 1.69. The van der Waals surface area contributed by atoms with Gasteiger partial charge < -0.3 is 29.9 Å². The summed E-state index contributed by atoms with van der Waals surface area (Å²) >= 11 is 0. The van der Waals surface area contributed by atoms with Crippen LogP contribution in [0.2, 0.25) is 0 Å². The van der Waals surface area contributed by atoms with E-state index in [0.29, 0.717) is 12.5 Å². The fourth-order valence-electron chi connectivity index (χ4n) is 3.58. The van der Waals surface area contributed by atoms with E-state index in [1.165, 1.54) is 5.69 Å². The molecule has 30 heavy (non-hydrogen) atoms. The average Bonchev–Trinajstić information content (AvgIpc) is 3.27. The summed E-state index contributed by atoms with van der Waals surface area (Å²) < 4.78 is 10.7. The van der Waals surface area contributed by atoms with Crippen LogP contribution in [0.25, 0.3) is 0 Å². The van der Waals surface area contributed by atoms with Crippen LogP contribution in [0.3, 0.4) is 0 Å². The number of nitrogens with one attached hydrogen (secondary N) is 2. The summed E-state index contributed by atoms with van der Waals surface area (Å²) in [5.41, 5.74) is 2.25. The molecule has 0 bridgehead atoms. The van der Waals surface area contributed by atoms with Gasteiger partial charge in [0.25, 0.3) is 0 Å². The first kappa shape index (κ1) is 19.9. The van der Waals surface area contributed by atoms with Crippen molar-refractivity contribution in [3.8, 4) is 11.5 Å². The highest BCUT2D eigenvalue weighted by molar-refractivity contribution is 5.86. The Hall–Kier alpha value is -3.42. The van der Waals surface area contributed by atoms with Crippen molar-refractivity contribution in [3.05, 3.63) is 54.1 Å². The minimum atomic E-state index is 0.0775. The molecule has 1 amide bonds. The third-order valence-electron chi connectivity index (χ3n) is 5.28. The topological polar surface area (TPSA) is 78.4 Å². The number of hydrogen-bond acceptors (Lipinski definition) is 5. The molecular weight excluding hydrogens is 382 g/mol. The zero-order valence-electron chi connectivity index (χ0n) is 17.1. The molecule has 0 saturated carbocycles. The molecule has 8 heteroatoms. The normalized spacial score (nSPS) is 15.8. The summed E-state index contributed by atoms with van der Waals surface area (Å²) in [5, 5.41) is 6.34. The molecule has 1 saturated heterocycles. The molecule has 2 aromatic carbocycles. The molecule has 8 nitrogen and oxygen atoms in total. The third-order valence-corrected chi connectivity index (χ3v) is 5.28. The monoisotopic (exact) mass is 409 g/mol. The minimum Gasteiger partial charge on any atom is -0.454 e. The second-order valence-electron chi connectivity index (χ2n) is 7.17. The smallest absolute Gasteiger partial charge is 0.242 e. The Balaban J connectivity index is 1.21. The number of anilines is 1. The predicted octanol–water partition coefficient (Wildman–Crippen LogP) is 1.43. The van der Waals surface area contributed by atoms with E-state index in [-0.39, 0.29) is 19.2 Å². The van der Waals surface area contributed by atoms with Gasteiger partial charge in [-0.15, -0.1) is 0 Å². The maximum absolute atomic E-state index is 12.6. The lowest BCUT2D eigenvalue weighted by molar-refractivity contribution is -0.130. The number of para-hydroxylation sites is 1. The van der Waals surface area contributed by atoms with Crippen LogP contribution in [0.4, 0.5) is 5.69 Å². The standard InChI is InChI=1S/C22H27N5O3/c1-23-22(24-14-17-7-8-19-20(13-17)30-16-29-19)25-15-21(28)27-11-9-26(10-12-27)18-5-3-2-4-6-18/h2-8,13H,9-12,14-16H2,1H3,(H2,23,24,25). The number of rotatable bonds is 5. The number of nitrogens with zero attached hydrogens (tertiary/aromatic N) is 3. The van der Waals surface area contributed by atoms with Gasteiger partial charge in [-0.05, 0) is 29.8 Å². The Bertz CT molecular complexity index is 895. The largest absolute Gasteiger partial charge is 0.454 e. The van der Waals surface area contributed by atoms with E-state index in [9.17, 15) is 4.79 Å². The molecule has 4 rings (SSSR count). The first-order chi connectivity index (χ1) is 14.7. The minimum absolute atomic E-state index is 0.0775. The molecule has 2 heterocycles. The van der Waals surface area contributed by atoms with Gasteiger partial charge in [0.1, 0.15) is 0 Å². The number of benzene rings is 2. The first-order valence-corrected chi connectivity index (χ1v) is 10.1. The Labute approximate surface area is 176 Å².